The van der Waals surface area contributed by atoms with Crippen molar-refractivity contribution < 1.29 is 10.7 Å². The Morgan fingerprint density at radius 3 is 1.50 bits per heavy atom. The molecule has 0 saturated heterocycles. The van der Waals surface area contributed by atoms with Crippen LogP contribution in [0.15, 0.2) is 0 Å². The van der Waals surface area contributed by atoms with E-state index in [1.807, 2.05) is 0 Å². The van der Waals surface area contributed by atoms with Gasteiger partial charge in [-0.15, -0.1) is 0 Å². The van der Waals surface area contributed by atoms with Crippen molar-refractivity contribution in [3.63, 3.8) is 0 Å². The molecule has 4 heteroatoms. The summed E-state index contributed by atoms with van der Waals surface area (Å²) in [6, 6.07) is 0. The molecule has 0 saturated carbocycles. The van der Waals surface area contributed by atoms with Gasteiger partial charge in [0, 0.05) is 0 Å². The second-order valence-corrected chi connectivity index (χ2v) is 0. The Bertz CT molecular complexity index is 9.61. The average molecular weight is 89.3 g/mol. The number of hydrogen-bond acceptors (Lipinski definition) is 1. The summed E-state index contributed by atoms with van der Waals surface area (Å²) >= 11 is 0.611. The molecule has 0 unspecified atom stereocenters. The van der Waals surface area contributed by atoms with Crippen LogP contribution in [0, 0.1) is 0 Å². The number of rotatable bonds is 0. The second-order valence-electron chi connectivity index (χ2n) is 0. The molecule has 0 heterocycles. The molecular formula is H6AlMgO2+. The predicted octanol–water partition coefficient (Wildman–Crippen LogP) is -2.40. The van der Waals surface area contributed by atoms with E-state index in [2.05, 4.69) is 0 Å². The monoisotopic (exact) mass is 89.0 g/mol. The fourth-order valence-electron chi connectivity index (χ4n) is 0. The normalized spacial score (nSPS) is 0.750. The van der Waals surface area contributed by atoms with Gasteiger partial charge in [0.1, 0.15) is 0 Å². The summed E-state index contributed by atoms with van der Waals surface area (Å²) < 4.78 is 8.28. The van der Waals surface area contributed by atoms with Crippen molar-refractivity contribution in [3.05, 3.63) is 0 Å². The Kier molecular flexibility index (Phi) is 167. The van der Waals surface area contributed by atoms with E-state index < -0.39 is 0 Å². The SMILES string of the molecule is O.[H+].[MgH2].[O]=[AlH]. The van der Waals surface area contributed by atoms with E-state index in [-0.39, 0.29) is 30.0 Å². The first-order chi connectivity index (χ1) is 1.00. The van der Waals surface area contributed by atoms with Crippen LogP contribution in [0.2, 0.25) is 0 Å². The Morgan fingerprint density at radius 1 is 1.50 bits per heavy atom. The molecule has 0 rings (SSSR count). The first-order valence-corrected chi connectivity index (χ1v) is 0.866. The van der Waals surface area contributed by atoms with E-state index in [0.717, 1.165) is 0 Å². The molecule has 0 spiro atoms. The third-order valence-corrected chi connectivity index (χ3v) is 0. The summed E-state index contributed by atoms with van der Waals surface area (Å²) in [5.74, 6) is 0. The van der Waals surface area contributed by atoms with Gasteiger partial charge in [-0.05, 0) is 0 Å². The Balaban J connectivity index is -0.00000000167. The molecule has 0 aromatic heterocycles. The van der Waals surface area contributed by atoms with Gasteiger partial charge in [0.15, 0.2) is 0 Å². The van der Waals surface area contributed by atoms with Gasteiger partial charge in [0.2, 0.25) is 0 Å². The molecule has 0 aromatic carbocycles. The zero-order chi connectivity index (χ0) is 2.00. The van der Waals surface area contributed by atoms with Crippen LogP contribution in [0.5, 0.6) is 0 Å². The maximum atomic E-state index is 8.28. The van der Waals surface area contributed by atoms with Crippen molar-refractivity contribution in [2.75, 3.05) is 0 Å². The molecular weight excluding hydrogens is 83.3 g/mol. The summed E-state index contributed by atoms with van der Waals surface area (Å²) in [7, 11) is 0. The van der Waals surface area contributed by atoms with Crippen molar-refractivity contribution in [2.45, 2.75) is 0 Å². The van der Waals surface area contributed by atoms with Gasteiger partial charge in [-0.2, -0.15) is 0 Å². The van der Waals surface area contributed by atoms with Crippen molar-refractivity contribution in [1.82, 2.24) is 0 Å². The van der Waals surface area contributed by atoms with Crippen LogP contribution in [0.1, 0.15) is 1.43 Å². The quantitative estimate of drug-likeness (QED) is 0.305. The van der Waals surface area contributed by atoms with Gasteiger partial charge >= 0.3 is 44.5 Å². The molecule has 4 heavy (non-hydrogen) atoms. The fourth-order valence-corrected chi connectivity index (χ4v) is 0. The van der Waals surface area contributed by atoms with E-state index in [1.165, 1.54) is 0 Å². The second kappa shape index (κ2) is 33.9. The zero-order valence-electron chi connectivity index (χ0n) is 2.62. The van der Waals surface area contributed by atoms with Crippen LogP contribution < -0.4 is 0 Å². The minimum atomic E-state index is 0. The van der Waals surface area contributed by atoms with Crippen LogP contribution in [0.4, 0.5) is 0 Å². The molecule has 0 aliphatic rings. The van der Waals surface area contributed by atoms with Crippen molar-refractivity contribution in [3.8, 4) is 0 Å². The molecule has 0 bridgehead atoms. The van der Waals surface area contributed by atoms with Crippen LogP contribution >= 0.6 is 0 Å². The van der Waals surface area contributed by atoms with Gasteiger partial charge in [0.25, 0.3) is 0 Å². The molecule has 2 N–H and O–H groups in total. The molecule has 0 aliphatic carbocycles. The van der Waals surface area contributed by atoms with E-state index in [0.29, 0.717) is 16.2 Å². The standard InChI is InChI=1S/Al.Mg.H2O.O.3H/h;;1H2;;;;/p+1. The van der Waals surface area contributed by atoms with Crippen molar-refractivity contribution >= 4 is 39.3 Å². The Labute approximate surface area is 50.1 Å². The van der Waals surface area contributed by atoms with Crippen LogP contribution in [-0.4, -0.2) is 44.8 Å². The van der Waals surface area contributed by atoms with Crippen molar-refractivity contribution in [1.29, 1.82) is 0 Å². The summed E-state index contributed by atoms with van der Waals surface area (Å²) in [5, 5.41) is 0. The summed E-state index contributed by atoms with van der Waals surface area (Å²) in [6.45, 7) is 0. The molecule has 0 aromatic rings. The maximum absolute atomic E-state index is 8.28. The molecule has 0 amide bonds. The Morgan fingerprint density at radius 2 is 1.50 bits per heavy atom. The van der Waals surface area contributed by atoms with Crippen LogP contribution in [0.25, 0.3) is 0 Å². The van der Waals surface area contributed by atoms with Gasteiger partial charge in [-0.3, -0.25) is 0 Å². The fraction of sp³-hybridized carbons (Fsp3) is 0. The molecule has 0 aliphatic heterocycles. The third kappa shape index (κ3) is 11.6. The van der Waals surface area contributed by atoms with Crippen molar-refractivity contribution in [2.24, 2.45) is 0 Å². The van der Waals surface area contributed by atoms with Crippen LogP contribution in [0.3, 0.4) is 0 Å². The average Bonchev–Trinajstić information content (AvgIpc) is 1.00. The van der Waals surface area contributed by atoms with E-state index in [9.17, 15) is 0 Å². The topological polar surface area (TPSA) is 48.6 Å². The molecule has 2 nitrogen and oxygen atoms in total. The van der Waals surface area contributed by atoms with E-state index in [1.54, 1.807) is 0 Å². The first-order valence-electron chi connectivity index (χ1n) is 0.289. The van der Waals surface area contributed by atoms with Gasteiger partial charge in [-0.1, -0.05) is 0 Å². The van der Waals surface area contributed by atoms with Gasteiger partial charge in [0.05, 0.1) is 0 Å². The van der Waals surface area contributed by atoms with E-state index in [4.69, 9.17) is 3.80 Å². The Hall–Kier alpha value is 1.06. The van der Waals surface area contributed by atoms with Gasteiger partial charge < -0.3 is 5.48 Å². The third-order valence-electron chi connectivity index (χ3n) is 0. The van der Waals surface area contributed by atoms with E-state index >= 15 is 0 Å². The molecule has 0 radical (unpaired) electrons. The molecule has 0 atom stereocenters. The molecule has 22 valence electrons. The zero-order valence-corrected chi connectivity index (χ0v) is 3.03. The summed E-state index contributed by atoms with van der Waals surface area (Å²) in [4.78, 5) is 0. The van der Waals surface area contributed by atoms with Crippen LogP contribution in [-0.2, 0) is 3.80 Å². The van der Waals surface area contributed by atoms with Gasteiger partial charge in [-0.25, -0.2) is 0 Å². The predicted molar refractivity (Wildman–Crippen MR) is 21.1 cm³/mol. The summed E-state index contributed by atoms with van der Waals surface area (Å²) in [5.41, 5.74) is 0. The first kappa shape index (κ1) is 19.7. The summed E-state index contributed by atoms with van der Waals surface area (Å²) in [6.07, 6.45) is 0. The number of hydrogen-bond donors (Lipinski definition) is 0. The molecule has 0 fully saturated rings. The minimum absolute atomic E-state index is 0.